The van der Waals surface area contributed by atoms with Crippen LogP contribution >= 0.6 is 11.8 Å². The smallest absolute Gasteiger partial charge is 0.146 e. The molecule has 0 spiro atoms. The van der Waals surface area contributed by atoms with Gasteiger partial charge in [0.25, 0.3) is 0 Å². The third-order valence-electron chi connectivity index (χ3n) is 4.23. The second-order valence-electron chi connectivity index (χ2n) is 6.42. The van der Waals surface area contributed by atoms with Crippen LogP contribution in [0.5, 0.6) is 0 Å². The first-order valence-corrected chi connectivity index (χ1v) is 8.84. The van der Waals surface area contributed by atoms with Gasteiger partial charge in [0, 0.05) is 10.8 Å². The predicted octanol–water partition coefficient (Wildman–Crippen LogP) is 5.20. The summed E-state index contributed by atoms with van der Waals surface area (Å²) in [5.74, 6) is 3.09. The lowest BCUT2D eigenvalue weighted by Gasteiger charge is -2.28. The summed E-state index contributed by atoms with van der Waals surface area (Å²) < 4.78 is 0. The fourth-order valence-electron chi connectivity index (χ4n) is 3.18. The van der Waals surface area contributed by atoms with E-state index in [1.807, 2.05) is 18.2 Å². The molecule has 1 saturated carbocycles. The summed E-state index contributed by atoms with van der Waals surface area (Å²) in [7, 11) is 0. The number of carbonyl (C=O) groups excluding carboxylic acids is 1. The van der Waals surface area contributed by atoms with E-state index in [0.29, 0.717) is 17.5 Å². The minimum Gasteiger partial charge on any atom is -0.298 e. The van der Waals surface area contributed by atoms with E-state index in [9.17, 15) is 4.79 Å². The lowest BCUT2D eigenvalue weighted by Crippen LogP contribution is -2.23. The second kappa shape index (κ2) is 7.87. The minimum atomic E-state index is 0.328. The van der Waals surface area contributed by atoms with Crippen molar-refractivity contribution in [1.82, 2.24) is 0 Å². The number of benzene rings is 1. The van der Waals surface area contributed by atoms with Crippen LogP contribution in [0.15, 0.2) is 35.2 Å². The number of thioether (sulfide) groups is 1. The maximum atomic E-state index is 12.3. The minimum absolute atomic E-state index is 0.328. The number of Topliss-reactive ketones (excluding diaryl/α,β-unsaturated/α-hetero) is 1. The van der Waals surface area contributed by atoms with Gasteiger partial charge in [0.2, 0.25) is 0 Å². The van der Waals surface area contributed by atoms with Crippen molar-refractivity contribution in [2.45, 2.75) is 50.8 Å². The van der Waals surface area contributed by atoms with Crippen LogP contribution in [0.25, 0.3) is 0 Å². The van der Waals surface area contributed by atoms with Gasteiger partial charge < -0.3 is 0 Å². The molecule has 1 fully saturated rings. The molecule has 0 unspecified atom stereocenters. The number of rotatable bonds is 6. The average Bonchev–Trinajstić information content (AvgIpc) is 2.46. The molecule has 1 aliphatic carbocycles. The van der Waals surface area contributed by atoms with Gasteiger partial charge in [0.15, 0.2) is 0 Å². The van der Waals surface area contributed by atoms with Crippen molar-refractivity contribution in [2.75, 3.05) is 5.75 Å². The quantitative estimate of drug-likeness (QED) is 0.670. The lowest BCUT2D eigenvalue weighted by atomic mass is 9.77. The number of ketones is 1. The molecule has 0 heterocycles. The molecule has 2 rings (SSSR count). The van der Waals surface area contributed by atoms with Crippen LogP contribution < -0.4 is 0 Å². The summed E-state index contributed by atoms with van der Waals surface area (Å²) in [6, 6.07) is 10.2. The summed E-state index contributed by atoms with van der Waals surface area (Å²) in [6.07, 6.45) is 6.08. The highest BCUT2D eigenvalue weighted by atomic mass is 32.2. The van der Waals surface area contributed by atoms with Crippen LogP contribution in [0.2, 0.25) is 0 Å². The summed E-state index contributed by atoms with van der Waals surface area (Å²) in [6.45, 7) is 4.60. The number of hydrogen-bond acceptors (Lipinski definition) is 2. The molecule has 0 aromatic heterocycles. The van der Waals surface area contributed by atoms with Crippen molar-refractivity contribution in [3.8, 4) is 0 Å². The van der Waals surface area contributed by atoms with Crippen molar-refractivity contribution in [3.05, 3.63) is 30.3 Å². The Hall–Kier alpha value is -0.760. The Balaban J connectivity index is 1.72. The van der Waals surface area contributed by atoms with Gasteiger partial charge in [-0.05, 0) is 56.1 Å². The lowest BCUT2D eigenvalue weighted by molar-refractivity contribution is -0.121. The van der Waals surface area contributed by atoms with E-state index in [2.05, 4.69) is 26.0 Å². The van der Waals surface area contributed by atoms with Gasteiger partial charge in [0.05, 0.1) is 5.75 Å². The molecule has 1 aliphatic rings. The Kier molecular flexibility index (Phi) is 6.15. The van der Waals surface area contributed by atoms with E-state index in [0.717, 1.165) is 24.7 Å². The van der Waals surface area contributed by atoms with Crippen LogP contribution in [0, 0.1) is 17.8 Å². The molecule has 1 nitrogen and oxygen atoms in total. The molecule has 0 bridgehead atoms. The van der Waals surface area contributed by atoms with E-state index >= 15 is 0 Å². The Morgan fingerprint density at radius 3 is 2.40 bits per heavy atom. The topological polar surface area (TPSA) is 17.1 Å². The van der Waals surface area contributed by atoms with Crippen LogP contribution in [-0.2, 0) is 4.79 Å². The molecule has 0 amide bonds. The predicted molar refractivity (Wildman–Crippen MR) is 87.1 cm³/mol. The highest BCUT2D eigenvalue weighted by molar-refractivity contribution is 8.00. The van der Waals surface area contributed by atoms with Gasteiger partial charge in [-0.15, -0.1) is 11.8 Å². The molecule has 0 atom stereocenters. The zero-order chi connectivity index (χ0) is 14.4. The Morgan fingerprint density at radius 2 is 1.80 bits per heavy atom. The van der Waals surface area contributed by atoms with Crippen LogP contribution in [-0.4, -0.2) is 11.5 Å². The first kappa shape index (κ1) is 15.6. The van der Waals surface area contributed by atoms with E-state index in [4.69, 9.17) is 0 Å². The Morgan fingerprint density at radius 1 is 1.15 bits per heavy atom. The molecule has 1 aromatic carbocycles. The number of carbonyl (C=O) groups is 1. The zero-order valence-electron chi connectivity index (χ0n) is 12.7. The maximum absolute atomic E-state index is 12.3. The molecule has 0 N–H and O–H groups in total. The van der Waals surface area contributed by atoms with Gasteiger partial charge in [-0.25, -0.2) is 0 Å². The monoisotopic (exact) mass is 290 g/mol. The third kappa shape index (κ3) is 4.97. The molecule has 0 radical (unpaired) electrons. The first-order valence-electron chi connectivity index (χ1n) is 7.85. The van der Waals surface area contributed by atoms with Crippen LogP contribution in [0.4, 0.5) is 0 Å². The average molecular weight is 290 g/mol. The van der Waals surface area contributed by atoms with Gasteiger partial charge in [0.1, 0.15) is 5.78 Å². The number of hydrogen-bond donors (Lipinski definition) is 0. The normalized spacial score (nSPS) is 22.9. The molecule has 20 heavy (non-hydrogen) atoms. The highest BCUT2D eigenvalue weighted by Gasteiger charge is 2.26. The first-order chi connectivity index (χ1) is 9.65. The van der Waals surface area contributed by atoms with E-state index in [1.165, 1.54) is 24.2 Å². The molecule has 1 aromatic rings. The molecule has 0 aliphatic heterocycles. The summed E-state index contributed by atoms with van der Waals surface area (Å²) >= 11 is 1.68. The highest BCUT2D eigenvalue weighted by Crippen LogP contribution is 2.34. The van der Waals surface area contributed by atoms with E-state index in [1.54, 1.807) is 11.8 Å². The van der Waals surface area contributed by atoms with Crippen LogP contribution in [0.3, 0.4) is 0 Å². The summed E-state index contributed by atoms with van der Waals surface area (Å²) in [5, 5.41) is 0. The second-order valence-corrected chi connectivity index (χ2v) is 7.46. The maximum Gasteiger partial charge on any atom is 0.146 e. The van der Waals surface area contributed by atoms with Gasteiger partial charge >= 0.3 is 0 Å². The van der Waals surface area contributed by atoms with Gasteiger partial charge in [-0.1, -0.05) is 32.0 Å². The SMILES string of the molecule is CC(C)C[C@H]1CC[C@H](C(=O)CSc2ccccc2)CC1. The Bertz CT molecular complexity index is 405. The van der Waals surface area contributed by atoms with Crippen molar-refractivity contribution in [2.24, 2.45) is 17.8 Å². The molecule has 110 valence electrons. The van der Waals surface area contributed by atoms with Crippen molar-refractivity contribution >= 4 is 17.5 Å². The standard InChI is InChI=1S/C18H26OS/c1-14(2)12-15-8-10-16(11-9-15)18(19)13-20-17-6-4-3-5-7-17/h3-7,14-16H,8-13H2,1-2H3/t15-,16-. The van der Waals surface area contributed by atoms with E-state index in [-0.39, 0.29) is 0 Å². The van der Waals surface area contributed by atoms with Crippen LogP contribution in [0.1, 0.15) is 46.0 Å². The van der Waals surface area contributed by atoms with Gasteiger partial charge in [-0.3, -0.25) is 4.79 Å². The fourth-order valence-corrected chi connectivity index (χ4v) is 4.07. The summed E-state index contributed by atoms with van der Waals surface area (Å²) in [4.78, 5) is 13.5. The van der Waals surface area contributed by atoms with Crippen molar-refractivity contribution in [1.29, 1.82) is 0 Å². The molecular weight excluding hydrogens is 264 g/mol. The molecule has 2 heteroatoms. The van der Waals surface area contributed by atoms with Gasteiger partial charge in [-0.2, -0.15) is 0 Å². The van der Waals surface area contributed by atoms with Crippen molar-refractivity contribution in [3.63, 3.8) is 0 Å². The van der Waals surface area contributed by atoms with E-state index < -0.39 is 0 Å². The third-order valence-corrected chi connectivity index (χ3v) is 5.27. The largest absolute Gasteiger partial charge is 0.298 e. The summed E-state index contributed by atoms with van der Waals surface area (Å²) in [5.41, 5.74) is 0. The Labute approximate surface area is 127 Å². The van der Waals surface area contributed by atoms with Crippen molar-refractivity contribution < 1.29 is 4.79 Å². The zero-order valence-corrected chi connectivity index (χ0v) is 13.5. The molecular formula is C18H26OS. The molecule has 0 saturated heterocycles. The fraction of sp³-hybridized carbons (Fsp3) is 0.611.